The summed E-state index contributed by atoms with van der Waals surface area (Å²) in [5, 5.41) is 6.96. The number of halogens is 1. The molecule has 3 aliphatic carbocycles. The van der Waals surface area contributed by atoms with E-state index in [9.17, 15) is 0 Å². The smallest absolute Gasteiger partial charge is 0.190 e. The summed E-state index contributed by atoms with van der Waals surface area (Å²) in [6.07, 6.45) is 10.9. The fourth-order valence-electron chi connectivity index (χ4n) is 3.45. The van der Waals surface area contributed by atoms with Gasteiger partial charge in [-0.1, -0.05) is 6.42 Å². The molecule has 0 heterocycles. The Bertz CT molecular complexity index is 363. The minimum Gasteiger partial charge on any atom is -0.381 e. The number of aliphatic imine (C=N–C) groups is 1. The maximum atomic E-state index is 5.65. The van der Waals surface area contributed by atoms with Crippen molar-refractivity contribution in [1.82, 2.24) is 10.6 Å². The largest absolute Gasteiger partial charge is 0.381 e. The number of nitrogens with one attached hydrogen (secondary N) is 2. The van der Waals surface area contributed by atoms with Crippen molar-refractivity contribution in [3.05, 3.63) is 0 Å². The van der Waals surface area contributed by atoms with Gasteiger partial charge in [-0.25, -0.2) is 0 Å². The number of guanidine groups is 1. The minimum absolute atomic E-state index is 0. The molecular formula is C17H32IN3O. The lowest BCUT2D eigenvalue weighted by atomic mass is 9.65. The summed E-state index contributed by atoms with van der Waals surface area (Å²) in [7, 11) is 1.86. The highest BCUT2D eigenvalue weighted by Gasteiger charge is 2.48. The molecule has 0 atom stereocenters. The van der Waals surface area contributed by atoms with Crippen LogP contribution in [0.3, 0.4) is 0 Å². The summed E-state index contributed by atoms with van der Waals surface area (Å²) in [6.45, 7) is 3.89. The van der Waals surface area contributed by atoms with Crippen LogP contribution in [-0.2, 0) is 4.74 Å². The molecule has 0 unspecified atom stereocenters. The zero-order valence-electron chi connectivity index (χ0n) is 13.9. The zero-order valence-corrected chi connectivity index (χ0v) is 16.2. The maximum Gasteiger partial charge on any atom is 0.190 e. The number of ether oxygens (including phenoxy) is 1. The van der Waals surface area contributed by atoms with Crippen molar-refractivity contribution in [3.8, 4) is 0 Å². The first-order valence-electron chi connectivity index (χ1n) is 8.85. The molecule has 4 nitrogen and oxygen atoms in total. The molecule has 3 rings (SSSR count). The van der Waals surface area contributed by atoms with Crippen molar-refractivity contribution in [2.75, 3.05) is 33.4 Å². The molecule has 22 heavy (non-hydrogen) atoms. The average Bonchev–Trinajstić information content (AvgIpc) is 3.32. The van der Waals surface area contributed by atoms with Gasteiger partial charge in [0.25, 0.3) is 0 Å². The SMILES string of the molecule is CN=C(NCCCOCC1CC1)NCC1(C2CC2)CCC1.I. The van der Waals surface area contributed by atoms with E-state index in [2.05, 4.69) is 15.6 Å². The maximum absolute atomic E-state index is 5.65. The lowest BCUT2D eigenvalue weighted by molar-refractivity contribution is 0.105. The second-order valence-corrected chi connectivity index (χ2v) is 7.21. The van der Waals surface area contributed by atoms with Gasteiger partial charge in [0, 0.05) is 33.4 Å². The predicted molar refractivity (Wildman–Crippen MR) is 102 cm³/mol. The summed E-state index contributed by atoms with van der Waals surface area (Å²) in [4.78, 5) is 4.34. The van der Waals surface area contributed by atoms with E-state index >= 15 is 0 Å². The van der Waals surface area contributed by atoms with Crippen molar-refractivity contribution in [3.63, 3.8) is 0 Å². The van der Waals surface area contributed by atoms with Crippen LogP contribution in [0.15, 0.2) is 4.99 Å². The summed E-state index contributed by atoms with van der Waals surface area (Å²) >= 11 is 0. The van der Waals surface area contributed by atoms with E-state index in [-0.39, 0.29) is 24.0 Å². The second-order valence-electron chi connectivity index (χ2n) is 7.21. The van der Waals surface area contributed by atoms with Crippen LogP contribution in [0.1, 0.15) is 51.4 Å². The van der Waals surface area contributed by atoms with Gasteiger partial charge in [-0.05, 0) is 62.2 Å². The van der Waals surface area contributed by atoms with Crippen LogP contribution >= 0.6 is 24.0 Å². The van der Waals surface area contributed by atoms with E-state index in [1.807, 2.05) is 7.05 Å². The van der Waals surface area contributed by atoms with Crippen molar-refractivity contribution in [2.45, 2.75) is 51.4 Å². The molecule has 0 spiro atoms. The van der Waals surface area contributed by atoms with Gasteiger partial charge < -0.3 is 15.4 Å². The lowest BCUT2D eigenvalue weighted by Crippen LogP contribution is -2.47. The molecule has 0 bridgehead atoms. The summed E-state index contributed by atoms with van der Waals surface area (Å²) < 4.78 is 5.65. The normalized spacial score (nSPS) is 23.4. The van der Waals surface area contributed by atoms with Crippen LogP contribution in [0.4, 0.5) is 0 Å². The third-order valence-electron chi connectivity index (χ3n) is 5.43. The Morgan fingerprint density at radius 2 is 1.95 bits per heavy atom. The van der Waals surface area contributed by atoms with Crippen LogP contribution in [0.25, 0.3) is 0 Å². The zero-order chi connectivity index (χ0) is 14.5. The minimum atomic E-state index is 0. The summed E-state index contributed by atoms with van der Waals surface area (Å²) in [6, 6.07) is 0. The average molecular weight is 421 g/mol. The molecule has 0 saturated heterocycles. The Morgan fingerprint density at radius 1 is 1.18 bits per heavy atom. The summed E-state index contributed by atoms with van der Waals surface area (Å²) in [5.41, 5.74) is 0.602. The predicted octanol–water partition coefficient (Wildman–Crippen LogP) is 3.17. The number of hydrogen-bond donors (Lipinski definition) is 2. The number of rotatable bonds is 9. The number of nitrogens with zero attached hydrogens (tertiary/aromatic N) is 1. The molecule has 5 heteroatoms. The molecule has 0 aliphatic heterocycles. The van der Waals surface area contributed by atoms with E-state index in [1.165, 1.54) is 44.9 Å². The topological polar surface area (TPSA) is 45.7 Å². The Balaban J connectivity index is 0.00000176. The molecule has 0 aromatic carbocycles. The van der Waals surface area contributed by atoms with Crippen molar-refractivity contribution in [1.29, 1.82) is 0 Å². The molecule has 3 aliphatic rings. The quantitative estimate of drug-likeness (QED) is 0.260. The van der Waals surface area contributed by atoms with Gasteiger partial charge in [0.2, 0.25) is 0 Å². The standard InChI is InChI=1S/C17H31N3O.HI/c1-18-16(19-10-3-11-21-12-14-4-5-14)20-13-17(8-2-9-17)15-6-7-15;/h14-15H,2-13H2,1H3,(H2,18,19,20);1H. The fourth-order valence-corrected chi connectivity index (χ4v) is 3.45. The molecular weight excluding hydrogens is 389 g/mol. The van der Waals surface area contributed by atoms with Crippen molar-refractivity contribution < 1.29 is 4.74 Å². The third-order valence-corrected chi connectivity index (χ3v) is 5.43. The first-order valence-corrected chi connectivity index (χ1v) is 8.85. The van der Waals surface area contributed by atoms with Gasteiger partial charge in [0.1, 0.15) is 0 Å². The van der Waals surface area contributed by atoms with Gasteiger partial charge in [-0.2, -0.15) is 0 Å². The van der Waals surface area contributed by atoms with Crippen molar-refractivity contribution in [2.24, 2.45) is 22.2 Å². The highest BCUT2D eigenvalue weighted by Crippen LogP contribution is 2.56. The van der Waals surface area contributed by atoms with Crippen molar-refractivity contribution >= 4 is 29.9 Å². The molecule has 3 fully saturated rings. The Kier molecular flexibility index (Phi) is 7.25. The molecule has 0 aromatic heterocycles. The highest BCUT2D eigenvalue weighted by atomic mass is 127. The van der Waals surface area contributed by atoms with Crippen LogP contribution < -0.4 is 10.6 Å². The number of hydrogen-bond acceptors (Lipinski definition) is 2. The Labute approximate surface area is 152 Å². The fraction of sp³-hybridized carbons (Fsp3) is 0.941. The van der Waals surface area contributed by atoms with Gasteiger partial charge >= 0.3 is 0 Å². The Hall–Kier alpha value is -0.0400. The molecule has 2 N–H and O–H groups in total. The molecule has 128 valence electrons. The Morgan fingerprint density at radius 3 is 2.50 bits per heavy atom. The summed E-state index contributed by atoms with van der Waals surface area (Å²) in [5.74, 6) is 2.82. The van der Waals surface area contributed by atoms with E-state index < -0.39 is 0 Å². The third kappa shape index (κ3) is 5.25. The van der Waals surface area contributed by atoms with Crippen LogP contribution in [-0.4, -0.2) is 39.3 Å². The molecule has 0 amide bonds. The van der Waals surface area contributed by atoms with Gasteiger partial charge in [0.15, 0.2) is 5.96 Å². The van der Waals surface area contributed by atoms with E-state index in [0.29, 0.717) is 5.41 Å². The van der Waals surface area contributed by atoms with Crippen LogP contribution in [0, 0.1) is 17.3 Å². The van der Waals surface area contributed by atoms with E-state index in [0.717, 1.165) is 50.5 Å². The highest BCUT2D eigenvalue weighted by molar-refractivity contribution is 14.0. The van der Waals surface area contributed by atoms with Crippen LogP contribution in [0.5, 0.6) is 0 Å². The van der Waals surface area contributed by atoms with E-state index in [4.69, 9.17) is 4.74 Å². The van der Waals surface area contributed by atoms with Gasteiger partial charge in [-0.15, -0.1) is 24.0 Å². The first-order chi connectivity index (χ1) is 10.3. The first kappa shape index (κ1) is 18.3. The monoisotopic (exact) mass is 421 g/mol. The molecule has 0 aromatic rings. The lowest BCUT2D eigenvalue weighted by Gasteiger charge is -2.43. The van der Waals surface area contributed by atoms with Gasteiger partial charge in [0.05, 0.1) is 0 Å². The molecule has 3 saturated carbocycles. The van der Waals surface area contributed by atoms with Crippen LogP contribution in [0.2, 0.25) is 0 Å². The van der Waals surface area contributed by atoms with Gasteiger partial charge in [-0.3, -0.25) is 4.99 Å². The molecule has 0 radical (unpaired) electrons. The van der Waals surface area contributed by atoms with E-state index in [1.54, 1.807) is 0 Å². The second kappa shape index (κ2) is 8.71.